The molecule has 15 heteroatoms. The average Bonchev–Trinajstić information content (AvgIpc) is 3.77. The van der Waals surface area contributed by atoms with Crippen LogP contribution in [0.25, 0.3) is 22.2 Å². The number of carbonyl (C=O) groups excluding carboxylic acids is 4. The maximum atomic E-state index is 13.2. The summed E-state index contributed by atoms with van der Waals surface area (Å²) < 4.78 is 7.92. The second-order valence-corrected chi connectivity index (χ2v) is 16.3. The molecule has 4 heterocycles. The zero-order chi connectivity index (χ0) is 42.3. The first kappa shape index (κ1) is 42.0. The van der Waals surface area contributed by atoms with Gasteiger partial charge in [0.25, 0.3) is 5.91 Å². The molecule has 1 fully saturated rings. The summed E-state index contributed by atoms with van der Waals surface area (Å²) in [6.45, 7) is 6.46. The number of aryl methyl sites for hydroxylation is 1. The number of para-hydroxylation sites is 1. The molecule has 7 rings (SSSR count). The summed E-state index contributed by atoms with van der Waals surface area (Å²) in [6.07, 6.45) is 8.74. The Bertz CT molecular complexity index is 2430. The van der Waals surface area contributed by atoms with Gasteiger partial charge in [0.2, 0.25) is 23.7 Å². The second kappa shape index (κ2) is 18.8. The number of unbranched alkanes of at least 4 members (excludes halogenated alkanes) is 2. The molecule has 0 saturated carbocycles. The molecule has 5 aromatic rings. The van der Waals surface area contributed by atoms with Gasteiger partial charge in [-0.05, 0) is 80.6 Å². The molecular formula is C45H51N9O5S. The molecule has 2 aliphatic heterocycles. The van der Waals surface area contributed by atoms with Gasteiger partial charge in [0.05, 0.1) is 29.9 Å². The molecule has 2 aliphatic rings. The van der Waals surface area contributed by atoms with Crippen LogP contribution in [0.3, 0.4) is 0 Å². The van der Waals surface area contributed by atoms with Crippen molar-refractivity contribution in [3.63, 3.8) is 0 Å². The number of nitrogens with one attached hydrogen (secondary N) is 3. The van der Waals surface area contributed by atoms with E-state index in [1.165, 1.54) is 6.08 Å². The van der Waals surface area contributed by atoms with E-state index in [0.717, 1.165) is 76.4 Å². The third-order valence-corrected chi connectivity index (χ3v) is 12.2. The number of rotatable bonds is 18. The Hall–Kier alpha value is -6.19. The van der Waals surface area contributed by atoms with Gasteiger partial charge in [0.15, 0.2) is 0 Å². The minimum atomic E-state index is -0.615. The first-order valence-corrected chi connectivity index (χ1v) is 21.1. The summed E-state index contributed by atoms with van der Waals surface area (Å²) in [4.78, 5) is 66.3. The highest BCUT2D eigenvalue weighted by atomic mass is 32.2. The van der Waals surface area contributed by atoms with E-state index in [4.69, 9.17) is 9.72 Å². The van der Waals surface area contributed by atoms with Gasteiger partial charge in [-0.2, -0.15) is 0 Å². The third kappa shape index (κ3) is 9.32. The van der Waals surface area contributed by atoms with E-state index in [1.807, 2.05) is 62.6 Å². The number of ether oxygens (including phenoxy) is 1. The first-order chi connectivity index (χ1) is 29.0. The van der Waals surface area contributed by atoms with Gasteiger partial charge in [-0.3, -0.25) is 24.5 Å². The van der Waals surface area contributed by atoms with Gasteiger partial charge < -0.3 is 34.6 Å². The SMILES string of the molecule is C=CC(=O)Nc1cc(Nc2nccc(-c3cn(C)c4ccccc34)n2)c(OC)cc1N(C)CCN(C)CCCCCSc1cccc2c1CN(C1CCC(=O)NC1=O)C2=O. The highest BCUT2D eigenvalue weighted by Gasteiger charge is 2.39. The van der Waals surface area contributed by atoms with Crippen molar-refractivity contribution >= 4 is 69.3 Å². The van der Waals surface area contributed by atoms with Crippen LogP contribution >= 0.6 is 11.8 Å². The van der Waals surface area contributed by atoms with Crippen LogP contribution in [0.2, 0.25) is 0 Å². The second-order valence-electron chi connectivity index (χ2n) is 15.1. The fourth-order valence-electron chi connectivity index (χ4n) is 7.76. The molecule has 0 aliphatic carbocycles. The van der Waals surface area contributed by atoms with E-state index in [2.05, 4.69) is 67.3 Å². The molecule has 4 amide bonds. The molecule has 0 bridgehead atoms. The Balaban J connectivity index is 0.917. The van der Waals surface area contributed by atoms with Crippen molar-refractivity contribution < 1.29 is 23.9 Å². The molecule has 312 valence electrons. The smallest absolute Gasteiger partial charge is 0.255 e. The average molecular weight is 830 g/mol. The van der Waals surface area contributed by atoms with Crippen LogP contribution < -0.4 is 25.6 Å². The molecule has 3 N–H and O–H groups in total. The topological polar surface area (TPSA) is 154 Å². The van der Waals surface area contributed by atoms with Crippen molar-refractivity contribution in [2.24, 2.45) is 7.05 Å². The first-order valence-electron chi connectivity index (χ1n) is 20.1. The number of anilines is 4. The van der Waals surface area contributed by atoms with E-state index >= 15 is 0 Å². The fraction of sp³-hybridized carbons (Fsp3) is 0.333. The lowest BCUT2D eigenvalue weighted by atomic mass is 10.0. The zero-order valence-corrected chi connectivity index (χ0v) is 35.3. The Labute approximate surface area is 354 Å². The van der Waals surface area contributed by atoms with Gasteiger partial charge in [0, 0.05) is 85.5 Å². The molecule has 0 radical (unpaired) electrons. The molecule has 3 aromatic carbocycles. The lowest BCUT2D eigenvalue weighted by molar-refractivity contribution is -0.137. The summed E-state index contributed by atoms with van der Waals surface area (Å²) in [6, 6.07) is 19.0. The van der Waals surface area contributed by atoms with Crippen LogP contribution in [0.5, 0.6) is 5.75 Å². The minimum Gasteiger partial charge on any atom is -0.494 e. The number of hydrogen-bond acceptors (Lipinski definition) is 11. The molecule has 1 atom stereocenters. The maximum Gasteiger partial charge on any atom is 0.255 e. The standard InChI is InChI=1S/C45H51N9O5S/c1-6-41(55)47-34-25-35(49-45-46-20-19-33(48-45)31-27-53(4)36-15-9-8-13-29(31)36)39(59-5)26-38(34)52(3)23-22-51(2)21-10-7-11-24-60-40-16-12-14-30-32(40)28-54(44(30)58)37-17-18-42(56)50-43(37)57/h6,8-9,12-16,19-20,25-27,37H,1,7,10-11,17-18,21-24,28H2,2-5H3,(H,47,55)(H,46,48,49)(H,50,56,57). The number of imide groups is 1. The number of nitrogens with zero attached hydrogens (tertiary/aromatic N) is 6. The number of likely N-dealkylation sites (N-methyl/N-ethyl adjacent to an activating group) is 2. The quantitative estimate of drug-likeness (QED) is 0.0379. The van der Waals surface area contributed by atoms with Gasteiger partial charge >= 0.3 is 0 Å². The van der Waals surface area contributed by atoms with Crippen LogP contribution in [-0.4, -0.2) is 101 Å². The number of methoxy groups -OCH3 is 1. The van der Waals surface area contributed by atoms with Crippen molar-refractivity contribution in [2.75, 3.05) is 62.1 Å². The summed E-state index contributed by atoms with van der Waals surface area (Å²) >= 11 is 1.75. The molecule has 2 aromatic heterocycles. The molecule has 60 heavy (non-hydrogen) atoms. The lowest BCUT2D eigenvalue weighted by Crippen LogP contribution is -2.52. The number of carbonyl (C=O) groups is 4. The van der Waals surface area contributed by atoms with E-state index in [0.29, 0.717) is 48.1 Å². The van der Waals surface area contributed by atoms with Crippen molar-refractivity contribution in [1.82, 2.24) is 29.7 Å². The van der Waals surface area contributed by atoms with Crippen LogP contribution in [-0.2, 0) is 28.0 Å². The monoisotopic (exact) mass is 829 g/mol. The summed E-state index contributed by atoms with van der Waals surface area (Å²) in [5, 5.41) is 9.75. The number of fused-ring (bicyclic) bond motifs is 2. The van der Waals surface area contributed by atoms with Crippen molar-refractivity contribution in [3.8, 4) is 17.0 Å². The Morgan fingerprint density at radius 2 is 1.85 bits per heavy atom. The molecule has 1 saturated heterocycles. The van der Waals surface area contributed by atoms with Crippen LogP contribution in [0.1, 0.15) is 48.0 Å². The Kier molecular flexibility index (Phi) is 13.2. The van der Waals surface area contributed by atoms with E-state index in [1.54, 1.807) is 30.0 Å². The summed E-state index contributed by atoms with van der Waals surface area (Å²) in [5.74, 6) is 0.717. The number of hydrogen-bond donors (Lipinski definition) is 3. The Morgan fingerprint density at radius 1 is 1.02 bits per heavy atom. The third-order valence-electron chi connectivity index (χ3n) is 11.0. The van der Waals surface area contributed by atoms with Crippen LogP contribution in [0.15, 0.2) is 90.6 Å². The normalized spacial score (nSPS) is 15.0. The molecular weight excluding hydrogens is 779 g/mol. The number of piperidine rings is 1. The molecule has 1 unspecified atom stereocenters. The zero-order valence-electron chi connectivity index (χ0n) is 34.5. The molecule has 14 nitrogen and oxygen atoms in total. The van der Waals surface area contributed by atoms with Gasteiger partial charge in [-0.25, -0.2) is 9.97 Å². The van der Waals surface area contributed by atoms with Crippen molar-refractivity contribution in [2.45, 2.75) is 49.6 Å². The Morgan fingerprint density at radius 3 is 2.65 bits per heavy atom. The van der Waals surface area contributed by atoms with E-state index in [9.17, 15) is 19.2 Å². The number of aromatic nitrogens is 3. The largest absolute Gasteiger partial charge is 0.494 e. The van der Waals surface area contributed by atoms with E-state index < -0.39 is 11.9 Å². The number of benzene rings is 3. The van der Waals surface area contributed by atoms with Gasteiger partial charge in [-0.15, -0.1) is 11.8 Å². The van der Waals surface area contributed by atoms with Gasteiger partial charge in [0.1, 0.15) is 11.8 Å². The van der Waals surface area contributed by atoms with E-state index in [-0.39, 0.29) is 24.1 Å². The van der Waals surface area contributed by atoms with Crippen LogP contribution in [0.4, 0.5) is 23.0 Å². The predicted molar refractivity (Wildman–Crippen MR) is 237 cm³/mol. The highest BCUT2D eigenvalue weighted by molar-refractivity contribution is 7.99. The highest BCUT2D eigenvalue weighted by Crippen LogP contribution is 2.39. The maximum absolute atomic E-state index is 13.2. The summed E-state index contributed by atoms with van der Waals surface area (Å²) in [7, 11) is 7.73. The van der Waals surface area contributed by atoms with Gasteiger partial charge in [-0.1, -0.05) is 37.3 Å². The predicted octanol–water partition coefficient (Wildman–Crippen LogP) is 6.60. The fourth-order valence-corrected chi connectivity index (χ4v) is 8.85. The van der Waals surface area contributed by atoms with Crippen LogP contribution in [0, 0.1) is 0 Å². The lowest BCUT2D eigenvalue weighted by Gasteiger charge is -2.29. The molecule has 0 spiro atoms. The van der Waals surface area contributed by atoms with Crippen molar-refractivity contribution in [1.29, 1.82) is 0 Å². The van der Waals surface area contributed by atoms with Crippen molar-refractivity contribution in [3.05, 3.63) is 96.8 Å². The summed E-state index contributed by atoms with van der Waals surface area (Å²) in [5.41, 5.74) is 6.47. The minimum absolute atomic E-state index is 0.147. The number of amides is 4. The number of thioether (sulfide) groups is 1.